The molecule has 1 unspecified atom stereocenters. The van der Waals surface area contributed by atoms with Crippen LogP contribution in [0.2, 0.25) is 5.02 Å². The second kappa shape index (κ2) is 6.96. The molecule has 5 nitrogen and oxygen atoms in total. The van der Waals surface area contributed by atoms with Crippen LogP contribution in [0.3, 0.4) is 0 Å². The van der Waals surface area contributed by atoms with Crippen molar-refractivity contribution in [2.24, 2.45) is 5.92 Å². The number of nitrogens with one attached hydrogen (secondary N) is 2. The van der Waals surface area contributed by atoms with Gasteiger partial charge in [-0.25, -0.2) is 0 Å². The van der Waals surface area contributed by atoms with Crippen molar-refractivity contribution in [1.29, 1.82) is 0 Å². The topological polar surface area (TPSA) is 59.6 Å². The van der Waals surface area contributed by atoms with E-state index in [0.717, 1.165) is 25.9 Å². The minimum Gasteiger partial charge on any atom is -0.486 e. The Morgan fingerprint density at radius 3 is 2.57 bits per heavy atom. The van der Waals surface area contributed by atoms with Gasteiger partial charge in [0, 0.05) is 31.0 Å². The number of hydrogen-bond acceptors (Lipinski definition) is 5. The van der Waals surface area contributed by atoms with Gasteiger partial charge in [0.2, 0.25) is 0 Å². The van der Waals surface area contributed by atoms with Crippen LogP contribution in [0.1, 0.15) is 12.8 Å². The molecule has 0 aromatic heterocycles. The Kier molecular flexibility index (Phi) is 5.00. The van der Waals surface area contributed by atoms with Crippen molar-refractivity contribution in [1.82, 2.24) is 10.9 Å². The van der Waals surface area contributed by atoms with Gasteiger partial charge in [-0.05, 0) is 18.8 Å². The molecule has 0 saturated carbocycles. The summed E-state index contributed by atoms with van der Waals surface area (Å²) in [7, 11) is -1.10. The third kappa shape index (κ3) is 3.69. The molecule has 2 aliphatic heterocycles. The summed E-state index contributed by atoms with van der Waals surface area (Å²) >= 11 is 6.21. The van der Waals surface area contributed by atoms with E-state index in [0.29, 0.717) is 46.3 Å². The molecule has 0 spiro atoms. The van der Waals surface area contributed by atoms with Crippen LogP contribution in [0.25, 0.3) is 0 Å². The van der Waals surface area contributed by atoms with E-state index in [1.165, 1.54) is 0 Å². The third-order valence-corrected chi connectivity index (χ3v) is 5.60. The highest BCUT2D eigenvalue weighted by molar-refractivity contribution is 7.85. The van der Waals surface area contributed by atoms with Gasteiger partial charge in [0.05, 0.1) is 20.7 Å². The Labute approximate surface area is 131 Å². The number of benzene rings is 1. The normalized spacial score (nSPS) is 19.7. The van der Waals surface area contributed by atoms with Gasteiger partial charge in [0.25, 0.3) is 0 Å². The van der Waals surface area contributed by atoms with E-state index in [-0.39, 0.29) is 0 Å². The average Bonchev–Trinajstić information content (AvgIpc) is 2.99. The summed E-state index contributed by atoms with van der Waals surface area (Å²) in [6.45, 7) is 3.01. The molecule has 21 heavy (non-hydrogen) atoms. The number of fused-ring (bicyclic) bond motifs is 1. The lowest BCUT2D eigenvalue weighted by Gasteiger charge is -2.19. The lowest BCUT2D eigenvalue weighted by molar-refractivity contribution is 0.171. The smallest absolute Gasteiger partial charge is 0.162 e. The number of halogens is 1. The predicted molar refractivity (Wildman–Crippen MR) is 82.4 cm³/mol. The van der Waals surface area contributed by atoms with Gasteiger partial charge in [-0.15, -0.1) is 0 Å². The lowest BCUT2D eigenvalue weighted by Crippen LogP contribution is -2.21. The van der Waals surface area contributed by atoms with Crippen molar-refractivity contribution in [3.05, 3.63) is 17.2 Å². The SMILES string of the molecule is O=S(CCCC1CNNC1)c1cc2c(cc1Cl)OCCO2. The zero-order valence-corrected chi connectivity index (χ0v) is 13.3. The first-order valence-electron chi connectivity index (χ1n) is 7.17. The molecule has 2 N–H and O–H groups in total. The van der Waals surface area contributed by atoms with E-state index in [1.807, 2.05) is 0 Å². The van der Waals surface area contributed by atoms with Crippen molar-refractivity contribution in [3.8, 4) is 11.5 Å². The standard InChI is InChI=1S/C14H19ClN2O3S/c15-11-6-12-13(20-4-3-19-12)7-14(11)21(18)5-1-2-10-8-16-17-9-10/h6-7,10,16-17H,1-5,8-9H2. The molecular formula is C14H19ClN2O3S. The fourth-order valence-electron chi connectivity index (χ4n) is 2.54. The van der Waals surface area contributed by atoms with Gasteiger partial charge in [-0.3, -0.25) is 15.1 Å². The number of hydrazine groups is 1. The van der Waals surface area contributed by atoms with Gasteiger partial charge in [0.1, 0.15) is 13.2 Å². The maximum Gasteiger partial charge on any atom is 0.162 e. The molecule has 0 bridgehead atoms. The van der Waals surface area contributed by atoms with Crippen molar-refractivity contribution in [2.75, 3.05) is 32.1 Å². The quantitative estimate of drug-likeness (QED) is 0.861. The molecule has 0 radical (unpaired) electrons. The van der Waals surface area contributed by atoms with E-state index < -0.39 is 10.8 Å². The largest absolute Gasteiger partial charge is 0.486 e. The first kappa shape index (κ1) is 15.1. The lowest BCUT2D eigenvalue weighted by atomic mass is 10.1. The summed E-state index contributed by atoms with van der Waals surface area (Å²) < 4.78 is 23.4. The van der Waals surface area contributed by atoms with Crippen LogP contribution < -0.4 is 20.3 Å². The summed E-state index contributed by atoms with van der Waals surface area (Å²) in [6, 6.07) is 3.46. The maximum absolute atomic E-state index is 12.4. The molecule has 1 aromatic rings. The molecule has 0 aliphatic carbocycles. The van der Waals surface area contributed by atoms with Gasteiger partial charge in [-0.1, -0.05) is 11.6 Å². The molecule has 7 heteroatoms. The summed E-state index contributed by atoms with van der Waals surface area (Å²) in [5.74, 6) is 2.52. The first-order valence-corrected chi connectivity index (χ1v) is 8.87. The number of rotatable bonds is 5. The molecule has 0 amide bonds. The van der Waals surface area contributed by atoms with Crippen LogP contribution in [-0.2, 0) is 10.8 Å². The van der Waals surface area contributed by atoms with Crippen LogP contribution in [-0.4, -0.2) is 36.3 Å². The molecule has 2 aliphatic rings. The van der Waals surface area contributed by atoms with E-state index in [1.54, 1.807) is 12.1 Å². The highest BCUT2D eigenvalue weighted by Crippen LogP contribution is 2.36. The third-order valence-electron chi connectivity index (χ3n) is 3.69. The Balaban J connectivity index is 1.61. The van der Waals surface area contributed by atoms with Crippen molar-refractivity contribution in [2.45, 2.75) is 17.7 Å². The fraction of sp³-hybridized carbons (Fsp3) is 0.571. The van der Waals surface area contributed by atoms with E-state index in [4.69, 9.17) is 21.1 Å². The van der Waals surface area contributed by atoms with Gasteiger partial charge in [-0.2, -0.15) is 0 Å². The molecule has 2 heterocycles. The second-order valence-corrected chi connectivity index (χ2v) is 7.19. The number of ether oxygens (including phenoxy) is 2. The van der Waals surface area contributed by atoms with Crippen LogP contribution in [0.5, 0.6) is 11.5 Å². The van der Waals surface area contributed by atoms with E-state index in [2.05, 4.69) is 10.9 Å². The Morgan fingerprint density at radius 1 is 1.19 bits per heavy atom. The Hall–Kier alpha value is -0.820. The van der Waals surface area contributed by atoms with E-state index >= 15 is 0 Å². The highest BCUT2D eigenvalue weighted by atomic mass is 35.5. The van der Waals surface area contributed by atoms with Crippen LogP contribution in [0, 0.1) is 5.92 Å². The average molecular weight is 331 g/mol. The Bertz CT molecular complexity index is 535. The first-order chi connectivity index (χ1) is 10.2. The summed E-state index contributed by atoms with van der Waals surface area (Å²) in [6.07, 6.45) is 1.99. The fourth-order valence-corrected chi connectivity index (χ4v) is 4.12. The second-order valence-electron chi connectivity index (χ2n) is 5.25. The zero-order chi connectivity index (χ0) is 14.7. The van der Waals surface area contributed by atoms with Gasteiger partial charge < -0.3 is 9.47 Å². The molecule has 1 atom stereocenters. The molecular weight excluding hydrogens is 312 g/mol. The monoisotopic (exact) mass is 330 g/mol. The molecule has 1 aromatic carbocycles. The predicted octanol–water partition coefficient (Wildman–Crippen LogP) is 1.72. The molecule has 116 valence electrons. The molecule has 3 rings (SSSR count). The van der Waals surface area contributed by atoms with E-state index in [9.17, 15) is 4.21 Å². The van der Waals surface area contributed by atoms with Gasteiger partial charge >= 0.3 is 0 Å². The molecule has 1 fully saturated rings. The Morgan fingerprint density at radius 2 is 1.86 bits per heavy atom. The maximum atomic E-state index is 12.4. The van der Waals surface area contributed by atoms with Crippen LogP contribution in [0.4, 0.5) is 0 Å². The van der Waals surface area contributed by atoms with Crippen LogP contribution >= 0.6 is 11.6 Å². The van der Waals surface area contributed by atoms with Gasteiger partial charge in [0.15, 0.2) is 11.5 Å². The van der Waals surface area contributed by atoms with Crippen LogP contribution in [0.15, 0.2) is 17.0 Å². The minimum absolute atomic E-state index is 0.488. The zero-order valence-electron chi connectivity index (χ0n) is 11.7. The van der Waals surface area contributed by atoms with Crippen molar-refractivity contribution in [3.63, 3.8) is 0 Å². The summed E-state index contributed by atoms with van der Waals surface area (Å²) in [5, 5.41) is 0.488. The van der Waals surface area contributed by atoms with Crippen molar-refractivity contribution < 1.29 is 13.7 Å². The highest BCUT2D eigenvalue weighted by Gasteiger charge is 2.19. The molecule has 1 saturated heterocycles. The summed E-state index contributed by atoms with van der Waals surface area (Å²) in [4.78, 5) is 0.642. The minimum atomic E-state index is -1.10. The summed E-state index contributed by atoms with van der Waals surface area (Å²) in [5.41, 5.74) is 6.22. The number of hydrogen-bond donors (Lipinski definition) is 2. The van der Waals surface area contributed by atoms with Crippen molar-refractivity contribution >= 4 is 22.4 Å².